The van der Waals surface area contributed by atoms with Crippen LogP contribution in [-0.4, -0.2) is 43.8 Å². The molecular formula is C19H28N2O3. The molecule has 1 heterocycles. The Bertz CT molecular complexity index is 566. The molecule has 24 heavy (non-hydrogen) atoms. The lowest BCUT2D eigenvalue weighted by Crippen LogP contribution is -2.46. The first kappa shape index (κ1) is 17.1. The molecular weight excluding hydrogens is 304 g/mol. The Morgan fingerprint density at radius 3 is 2.88 bits per heavy atom. The standard InChI is InChI=1S/C19H28N2O3/c1-14-6-7-16(11-20-19(22)21(2)17-4-3-5-17)18(10-14)24-13-15-8-9-23-12-15/h6-7,10,15,17H,3-5,8-9,11-13H2,1-2H3,(H,20,22)/t15-/m0/s1. The fourth-order valence-electron chi connectivity index (χ4n) is 3.10. The number of urea groups is 1. The second-order valence-electron chi connectivity index (χ2n) is 7.01. The van der Waals surface area contributed by atoms with E-state index >= 15 is 0 Å². The van der Waals surface area contributed by atoms with E-state index < -0.39 is 0 Å². The molecule has 1 atom stereocenters. The summed E-state index contributed by atoms with van der Waals surface area (Å²) in [5.74, 6) is 1.34. The summed E-state index contributed by atoms with van der Waals surface area (Å²) in [7, 11) is 1.88. The number of nitrogens with zero attached hydrogens (tertiary/aromatic N) is 1. The van der Waals surface area contributed by atoms with Gasteiger partial charge in [-0.15, -0.1) is 0 Å². The fraction of sp³-hybridized carbons (Fsp3) is 0.632. The molecule has 2 amide bonds. The molecule has 5 heteroatoms. The maximum atomic E-state index is 12.3. The number of aryl methyl sites for hydroxylation is 1. The van der Waals surface area contributed by atoms with Crippen LogP contribution in [0, 0.1) is 12.8 Å². The molecule has 1 aliphatic carbocycles. The van der Waals surface area contributed by atoms with Crippen molar-refractivity contribution in [3.63, 3.8) is 0 Å². The van der Waals surface area contributed by atoms with E-state index in [1.165, 1.54) is 6.42 Å². The van der Waals surface area contributed by atoms with Crippen LogP contribution in [0.2, 0.25) is 0 Å². The van der Waals surface area contributed by atoms with E-state index in [9.17, 15) is 4.79 Å². The fourth-order valence-corrected chi connectivity index (χ4v) is 3.10. The van der Waals surface area contributed by atoms with Gasteiger partial charge in [-0.3, -0.25) is 0 Å². The van der Waals surface area contributed by atoms with Gasteiger partial charge in [0, 0.05) is 37.7 Å². The van der Waals surface area contributed by atoms with Gasteiger partial charge < -0.3 is 19.7 Å². The minimum atomic E-state index is -0.00424. The van der Waals surface area contributed by atoms with Crippen LogP contribution in [0.25, 0.3) is 0 Å². The number of ether oxygens (including phenoxy) is 2. The zero-order chi connectivity index (χ0) is 16.9. The predicted octanol–water partition coefficient (Wildman–Crippen LogP) is 3.10. The number of benzene rings is 1. The minimum absolute atomic E-state index is 0.00424. The van der Waals surface area contributed by atoms with Crippen molar-refractivity contribution in [1.82, 2.24) is 10.2 Å². The number of amides is 2. The third-order valence-corrected chi connectivity index (χ3v) is 5.09. The first-order valence-electron chi connectivity index (χ1n) is 8.94. The quantitative estimate of drug-likeness (QED) is 0.871. The van der Waals surface area contributed by atoms with Gasteiger partial charge in [-0.05, 0) is 44.2 Å². The largest absolute Gasteiger partial charge is 0.493 e. The van der Waals surface area contributed by atoms with E-state index in [4.69, 9.17) is 9.47 Å². The van der Waals surface area contributed by atoms with Crippen LogP contribution < -0.4 is 10.1 Å². The lowest BCUT2D eigenvalue weighted by atomic mass is 9.92. The van der Waals surface area contributed by atoms with E-state index in [-0.39, 0.29) is 6.03 Å². The van der Waals surface area contributed by atoms with Crippen LogP contribution in [0.15, 0.2) is 18.2 Å². The summed E-state index contributed by atoms with van der Waals surface area (Å²) in [6, 6.07) is 6.55. The second-order valence-corrected chi connectivity index (χ2v) is 7.01. The summed E-state index contributed by atoms with van der Waals surface area (Å²) in [4.78, 5) is 14.1. The molecule has 1 saturated carbocycles. The molecule has 1 aromatic carbocycles. The second kappa shape index (κ2) is 7.88. The molecule has 1 N–H and O–H groups in total. The van der Waals surface area contributed by atoms with Crippen molar-refractivity contribution in [2.75, 3.05) is 26.9 Å². The minimum Gasteiger partial charge on any atom is -0.493 e. The Morgan fingerprint density at radius 1 is 1.38 bits per heavy atom. The molecule has 1 aromatic rings. The van der Waals surface area contributed by atoms with Crippen LogP contribution >= 0.6 is 0 Å². The molecule has 2 aliphatic rings. The first-order valence-corrected chi connectivity index (χ1v) is 8.94. The molecule has 0 spiro atoms. The topological polar surface area (TPSA) is 50.8 Å². The van der Waals surface area contributed by atoms with Gasteiger partial charge in [-0.1, -0.05) is 12.1 Å². The van der Waals surface area contributed by atoms with Gasteiger partial charge >= 0.3 is 6.03 Å². The monoisotopic (exact) mass is 332 g/mol. The zero-order valence-corrected chi connectivity index (χ0v) is 14.7. The lowest BCUT2D eigenvalue weighted by Gasteiger charge is -2.34. The number of hydrogen-bond donors (Lipinski definition) is 1. The first-order chi connectivity index (χ1) is 11.6. The number of hydrogen-bond acceptors (Lipinski definition) is 3. The van der Waals surface area contributed by atoms with Gasteiger partial charge in [0.15, 0.2) is 0 Å². The summed E-state index contributed by atoms with van der Waals surface area (Å²) in [5, 5.41) is 3.02. The van der Waals surface area contributed by atoms with Gasteiger partial charge in [0.1, 0.15) is 5.75 Å². The highest BCUT2D eigenvalue weighted by Gasteiger charge is 2.25. The SMILES string of the molecule is Cc1ccc(CNC(=O)N(C)C2CCC2)c(OC[C@H]2CCOC2)c1. The van der Waals surface area contributed by atoms with Crippen LogP contribution in [0.5, 0.6) is 5.75 Å². The van der Waals surface area contributed by atoms with Crippen molar-refractivity contribution < 1.29 is 14.3 Å². The number of rotatable bonds is 6. The number of nitrogens with one attached hydrogen (secondary N) is 1. The van der Waals surface area contributed by atoms with Crippen molar-refractivity contribution in [3.8, 4) is 5.75 Å². The molecule has 0 aromatic heterocycles. The highest BCUT2D eigenvalue weighted by atomic mass is 16.5. The number of carbonyl (C=O) groups is 1. The van der Waals surface area contributed by atoms with E-state index in [2.05, 4.69) is 18.3 Å². The molecule has 0 radical (unpaired) electrons. The van der Waals surface area contributed by atoms with Crippen molar-refractivity contribution in [2.24, 2.45) is 5.92 Å². The number of carbonyl (C=O) groups excluding carboxylic acids is 1. The molecule has 2 fully saturated rings. The molecule has 1 saturated heterocycles. The van der Waals surface area contributed by atoms with Crippen molar-refractivity contribution in [3.05, 3.63) is 29.3 Å². The summed E-state index contributed by atoms with van der Waals surface area (Å²) < 4.78 is 11.4. The van der Waals surface area contributed by atoms with Crippen molar-refractivity contribution in [1.29, 1.82) is 0 Å². The molecule has 0 bridgehead atoms. The summed E-state index contributed by atoms with van der Waals surface area (Å²) in [5.41, 5.74) is 2.18. The zero-order valence-electron chi connectivity index (χ0n) is 14.7. The smallest absolute Gasteiger partial charge is 0.317 e. The summed E-state index contributed by atoms with van der Waals surface area (Å²) in [6.45, 7) is 4.83. The van der Waals surface area contributed by atoms with Gasteiger partial charge in [-0.25, -0.2) is 4.79 Å². The van der Waals surface area contributed by atoms with E-state index in [0.717, 1.165) is 49.4 Å². The van der Waals surface area contributed by atoms with Crippen molar-refractivity contribution in [2.45, 2.75) is 45.2 Å². The molecule has 0 unspecified atom stereocenters. The van der Waals surface area contributed by atoms with Crippen molar-refractivity contribution >= 4 is 6.03 Å². The van der Waals surface area contributed by atoms with Crippen LogP contribution in [-0.2, 0) is 11.3 Å². The summed E-state index contributed by atoms with van der Waals surface area (Å²) in [6.07, 6.45) is 4.52. The Morgan fingerprint density at radius 2 is 2.21 bits per heavy atom. The highest BCUT2D eigenvalue weighted by Crippen LogP contribution is 2.25. The van der Waals surface area contributed by atoms with Gasteiger partial charge in [-0.2, -0.15) is 0 Å². The van der Waals surface area contributed by atoms with E-state index in [1.54, 1.807) is 0 Å². The van der Waals surface area contributed by atoms with Gasteiger partial charge in [0.25, 0.3) is 0 Å². The average molecular weight is 332 g/mol. The lowest BCUT2D eigenvalue weighted by molar-refractivity contribution is 0.157. The molecule has 1 aliphatic heterocycles. The van der Waals surface area contributed by atoms with Crippen LogP contribution in [0.1, 0.15) is 36.8 Å². The molecule has 3 rings (SSSR count). The maximum Gasteiger partial charge on any atom is 0.317 e. The highest BCUT2D eigenvalue weighted by molar-refractivity contribution is 5.74. The molecule has 5 nitrogen and oxygen atoms in total. The summed E-state index contributed by atoms with van der Waals surface area (Å²) >= 11 is 0. The van der Waals surface area contributed by atoms with E-state index in [1.807, 2.05) is 24.1 Å². The third-order valence-electron chi connectivity index (χ3n) is 5.09. The van der Waals surface area contributed by atoms with Gasteiger partial charge in [0.05, 0.1) is 13.2 Å². The average Bonchev–Trinajstić information content (AvgIpc) is 3.03. The van der Waals surface area contributed by atoms with E-state index in [0.29, 0.717) is 25.1 Å². The van der Waals surface area contributed by atoms with Gasteiger partial charge in [0.2, 0.25) is 0 Å². The Kier molecular flexibility index (Phi) is 5.61. The Hall–Kier alpha value is -1.75. The molecule has 132 valence electrons. The van der Waals surface area contributed by atoms with Crippen LogP contribution in [0.4, 0.5) is 4.79 Å². The van der Waals surface area contributed by atoms with Crippen LogP contribution in [0.3, 0.4) is 0 Å². The maximum absolute atomic E-state index is 12.3. The Balaban J connectivity index is 1.56. The third kappa shape index (κ3) is 4.20. The Labute approximate surface area is 144 Å². The predicted molar refractivity (Wildman–Crippen MR) is 93.2 cm³/mol. The normalized spacial score (nSPS) is 20.5.